The van der Waals surface area contributed by atoms with Crippen LogP contribution in [0.1, 0.15) is 6.42 Å². The lowest BCUT2D eigenvalue weighted by Gasteiger charge is -1.99. The van der Waals surface area contributed by atoms with Crippen molar-refractivity contribution >= 4 is 5.97 Å². The first-order chi connectivity index (χ1) is 4.66. The van der Waals surface area contributed by atoms with Gasteiger partial charge in [-0.2, -0.15) is 0 Å². The highest BCUT2D eigenvalue weighted by Crippen LogP contribution is 2.54. The van der Waals surface area contributed by atoms with Gasteiger partial charge in [-0.25, -0.2) is 0 Å². The number of hydrogen-bond donors (Lipinski definition) is 1. The fourth-order valence-corrected chi connectivity index (χ4v) is 1.15. The van der Waals surface area contributed by atoms with Gasteiger partial charge >= 0.3 is 5.97 Å². The van der Waals surface area contributed by atoms with Crippen molar-refractivity contribution in [2.75, 3.05) is 0 Å². The molecule has 1 aliphatic rings. The molecule has 1 unspecified atom stereocenters. The Labute approximate surface area is 59.9 Å². The van der Waals surface area contributed by atoms with Gasteiger partial charge in [0, 0.05) is 5.41 Å². The Morgan fingerprint density at radius 2 is 2.10 bits per heavy atom. The summed E-state index contributed by atoms with van der Waals surface area (Å²) in [5, 5.41) is 8.56. The fourth-order valence-electron chi connectivity index (χ4n) is 1.15. The molecule has 0 amide bonds. The number of carboxylic acid groups (broad SMARTS) is 1. The number of carbonyl (C=O) groups is 1. The van der Waals surface area contributed by atoms with Crippen molar-refractivity contribution in [3.63, 3.8) is 0 Å². The van der Waals surface area contributed by atoms with Crippen LogP contribution in [0.5, 0.6) is 0 Å². The summed E-state index contributed by atoms with van der Waals surface area (Å²) in [7, 11) is 0. The van der Waals surface area contributed by atoms with Crippen LogP contribution in [0.15, 0.2) is 25.3 Å². The summed E-state index contributed by atoms with van der Waals surface area (Å²) in [6.07, 6.45) is 3.99. The molecule has 0 saturated heterocycles. The molecule has 1 saturated carbocycles. The van der Waals surface area contributed by atoms with Gasteiger partial charge in [0.25, 0.3) is 0 Å². The van der Waals surface area contributed by atoms with Gasteiger partial charge in [0.2, 0.25) is 0 Å². The van der Waals surface area contributed by atoms with Crippen LogP contribution < -0.4 is 0 Å². The van der Waals surface area contributed by atoms with Gasteiger partial charge in [-0.05, 0) is 6.42 Å². The van der Waals surface area contributed by atoms with E-state index in [1.807, 2.05) is 0 Å². The maximum absolute atomic E-state index is 10.4. The minimum Gasteiger partial charge on any atom is -0.481 e. The van der Waals surface area contributed by atoms with Crippen LogP contribution in [0.25, 0.3) is 0 Å². The molecule has 10 heavy (non-hydrogen) atoms. The lowest BCUT2D eigenvalue weighted by Crippen LogP contribution is -2.04. The molecule has 1 fully saturated rings. The molecule has 1 atom stereocenters. The van der Waals surface area contributed by atoms with E-state index in [0.29, 0.717) is 6.42 Å². The lowest BCUT2D eigenvalue weighted by atomic mass is 10.1. The van der Waals surface area contributed by atoms with E-state index in [2.05, 4.69) is 13.2 Å². The molecule has 0 aliphatic heterocycles. The van der Waals surface area contributed by atoms with Crippen LogP contribution in [0.3, 0.4) is 0 Å². The molecule has 1 rings (SSSR count). The Bertz CT molecular complexity index is 185. The highest BCUT2D eigenvalue weighted by Gasteiger charge is 2.54. The van der Waals surface area contributed by atoms with Gasteiger partial charge in [0.05, 0.1) is 5.92 Å². The van der Waals surface area contributed by atoms with Gasteiger partial charge in [-0.15, -0.1) is 13.2 Å². The Balaban J connectivity index is 2.70. The zero-order valence-corrected chi connectivity index (χ0v) is 5.71. The zero-order chi connectivity index (χ0) is 7.78. The van der Waals surface area contributed by atoms with E-state index in [1.165, 1.54) is 0 Å². The van der Waals surface area contributed by atoms with E-state index in [0.717, 1.165) is 0 Å². The summed E-state index contributed by atoms with van der Waals surface area (Å²) in [4.78, 5) is 10.4. The largest absolute Gasteiger partial charge is 0.481 e. The van der Waals surface area contributed by atoms with Crippen LogP contribution in [0.4, 0.5) is 0 Å². The third kappa shape index (κ3) is 0.764. The first-order valence-electron chi connectivity index (χ1n) is 3.16. The van der Waals surface area contributed by atoms with Gasteiger partial charge in [-0.1, -0.05) is 12.2 Å². The van der Waals surface area contributed by atoms with Gasteiger partial charge in [0.15, 0.2) is 0 Å². The number of allylic oxidation sites excluding steroid dienone is 2. The Morgan fingerprint density at radius 3 is 2.20 bits per heavy atom. The van der Waals surface area contributed by atoms with Crippen molar-refractivity contribution in [1.29, 1.82) is 0 Å². The van der Waals surface area contributed by atoms with Crippen molar-refractivity contribution in [2.24, 2.45) is 11.3 Å². The third-order valence-electron chi connectivity index (χ3n) is 2.10. The van der Waals surface area contributed by atoms with Crippen molar-refractivity contribution in [2.45, 2.75) is 6.42 Å². The fraction of sp³-hybridized carbons (Fsp3) is 0.375. The number of rotatable bonds is 3. The molecule has 0 aromatic carbocycles. The van der Waals surface area contributed by atoms with Crippen LogP contribution in [-0.4, -0.2) is 11.1 Å². The minimum atomic E-state index is -0.750. The highest BCUT2D eigenvalue weighted by molar-refractivity contribution is 5.76. The molecular weight excluding hydrogens is 128 g/mol. The zero-order valence-electron chi connectivity index (χ0n) is 5.71. The topological polar surface area (TPSA) is 37.3 Å². The SMILES string of the molecule is C=CC1(C=C)CC1C(=O)O. The number of carboxylic acids is 1. The number of hydrogen-bond acceptors (Lipinski definition) is 1. The van der Waals surface area contributed by atoms with E-state index in [9.17, 15) is 4.79 Å². The molecule has 0 heterocycles. The maximum atomic E-state index is 10.4. The van der Waals surface area contributed by atoms with Crippen LogP contribution in [0.2, 0.25) is 0 Å². The Hall–Kier alpha value is -1.05. The smallest absolute Gasteiger partial charge is 0.307 e. The summed E-state index contributed by atoms with van der Waals surface area (Å²) in [6.45, 7) is 7.13. The Kier molecular flexibility index (Phi) is 1.39. The molecule has 54 valence electrons. The quantitative estimate of drug-likeness (QED) is 0.599. The molecule has 0 radical (unpaired) electrons. The second kappa shape index (κ2) is 1.97. The van der Waals surface area contributed by atoms with E-state index in [1.54, 1.807) is 12.2 Å². The molecule has 2 heteroatoms. The summed E-state index contributed by atoms with van der Waals surface area (Å²) < 4.78 is 0. The average Bonchev–Trinajstić information content (AvgIpc) is 2.63. The minimum absolute atomic E-state index is 0.275. The Morgan fingerprint density at radius 1 is 1.60 bits per heavy atom. The summed E-state index contributed by atoms with van der Waals surface area (Å²) in [6, 6.07) is 0. The van der Waals surface area contributed by atoms with Crippen molar-refractivity contribution in [3.05, 3.63) is 25.3 Å². The molecule has 0 bridgehead atoms. The van der Waals surface area contributed by atoms with Crippen molar-refractivity contribution < 1.29 is 9.90 Å². The second-order valence-corrected chi connectivity index (χ2v) is 2.62. The van der Waals surface area contributed by atoms with Crippen LogP contribution in [-0.2, 0) is 4.79 Å². The van der Waals surface area contributed by atoms with E-state index >= 15 is 0 Å². The molecule has 0 aromatic rings. The van der Waals surface area contributed by atoms with Crippen LogP contribution >= 0.6 is 0 Å². The van der Waals surface area contributed by atoms with Gasteiger partial charge in [-0.3, -0.25) is 4.79 Å². The summed E-state index contributed by atoms with van der Waals surface area (Å²) in [5.74, 6) is -1.03. The molecule has 0 spiro atoms. The molecule has 1 aliphatic carbocycles. The summed E-state index contributed by atoms with van der Waals surface area (Å²) in [5.41, 5.74) is -0.300. The number of aliphatic carboxylic acids is 1. The monoisotopic (exact) mass is 138 g/mol. The summed E-state index contributed by atoms with van der Waals surface area (Å²) >= 11 is 0. The maximum Gasteiger partial charge on any atom is 0.307 e. The average molecular weight is 138 g/mol. The standard InChI is InChI=1S/C8H10O2/c1-3-8(4-2)5-6(8)7(9)10/h3-4,6H,1-2,5H2,(H,9,10). The van der Waals surface area contributed by atoms with E-state index in [-0.39, 0.29) is 11.3 Å². The van der Waals surface area contributed by atoms with E-state index < -0.39 is 5.97 Å². The van der Waals surface area contributed by atoms with E-state index in [4.69, 9.17) is 5.11 Å². The molecular formula is C8H10O2. The predicted molar refractivity (Wildman–Crippen MR) is 38.6 cm³/mol. The lowest BCUT2D eigenvalue weighted by molar-refractivity contribution is -0.139. The normalized spacial score (nSPS) is 27.0. The third-order valence-corrected chi connectivity index (χ3v) is 2.10. The molecule has 0 aromatic heterocycles. The second-order valence-electron chi connectivity index (χ2n) is 2.62. The molecule has 1 N–H and O–H groups in total. The van der Waals surface area contributed by atoms with Gasteiger partial charge in [0.1, 0.15) is 0 Å². The predicted octanol–water partition coefficient (Wildman–Crippen LogP) is 1.45. The first kappa shape index (κ1) is 7.06. The van der Waals surface area contributed by atoms with Crippen molar-refractivity contribution in [3.8, 4) is 0 Å². The van der Waals surface area contributed by atoms with Gasteiger partial charge < -0.3 is 5.11 Å². The van der Waals surface area contributed by atoms with Crippen LogP contribution in [0, 0.1) is 11.3 Å². The van der Waals surface area contributed by atoms with Crippen molar-refractivity contribution in [1.82, 2.24) is 0 Å². The molecule has 2 nitrogen and oxygen atoms in total. The highest BCUT2D eigenvalue weighted by atomic mass is 16.4. The first-order valence-corrected chi connectivity index (χ1v) is 3.16.